The Labute approximate surface area is 73.7 Å². The van der Waals surface area contributed by atoms with Crippen LogP contribution in [0.5, 0.6) is 0 Å². The molecule has 0 aromatic heterocycles. The van der Waals surface area contributed by atoms with Crippen LogP contribution in [-0.2, 0) is 4.79 Å². The van der Waals surface area contributed by atoms with Crippen LogP contribution in [-0.4, -0.2) is 5.78 Å². The van der Waals surface area contributed by atoms with Crippen molar-refractivity contribution in [2.45, 2.75) is 40.0 Å². The number of carbonyl (C=O) groups is 1. The zero-order chi connectivity index (χ0) is 9.78. The zero-order valence-corrected chi connectivity index (χ0v) is 8.11. The van der Waals surface area contributed by atoms with Gasteiger partial charge in [0.1, 0.15) is 0 Å². The molecule has 1 nitrogen and oxygen atoms in total. The third-order valence-corrected chi connectivity index (χ3v) is 2.02. The summed E-state index contributed by atoms with van der Waals surface area (Å²) in [5.41, 5.74) is -0.582. The molecule has 70 valence electrons. The monoisotopic (exact) mass is 172 g/mol. The van der Waals surface area contributed by atoms with E-state index in [-0.39, 0.29) is 0 Å². The Morgan fingerprint density at radius 2 is 2.00 bits per heavy atom. The summed E-state index contributed by atoms with van der Waals surface area (Å²) < 4.78 is 12.5. The molecular formula is C10H17FO. The van der Waals surface area contributed by atoms with Crippen LogP contribution < -0.4 is 0 Å². The number of allylic oxidation sites excluding steroid dienone is 1. The van der Waals surface area contributed by atoms with E-state index in [4.69, 9.17) is 0 Å². The van der Waals surface area contributed by atoms with E-state index in [1.54, 1.807) is 13.8 Å². The number of ketones is 1. The van der Waals surface area contributed by atoms with Crippen LogP contribution in [0.4, 0.5) is 4.39 Å². The summed E-state index contributed by atoms with van der Waals surface area (Å²) in [6, 6.07) is 0. The molecule has 0 bridgehead atoms. The highest BCUT2D eigenvalue weighted by Gasteiger charge is 2.28. The molecule has 0 N–H and O–H groups in total. The Bertz CT molecular complexity index is 182. The van der Waals surface area contributed by atoms with Gasteiger partial charge < -0.3 is 0 Å². The molecule has 0 radical (unpaired) electrons. The topological polar surface area (TPSA) is 17.1 Å². The standard InChI is InChI=1S/C10H17FO/c1-5-6-7-10(3,4)9(12)8(2)11/h2,5-7H2,1,3-4H3. The van der Waals surface area contributed by atoms with E-state index in [9.17, 15) is 9.18 Å². The molecule has 0 aliphatic carbocycles. The Morgan fingerprint density at radius 1 is 1.50 bits per heavy atom. The summed E-state index contributed by atoms with van der Waals surface area (Å²) in [6.07, 6.45) is 2.70. The van der Waals surface area contributed by atoms with Gasteiger partial charge in [0.25, 0.3) is 0 Å². The highest BCUT2D eigenvalue weighted by molar-refractivity contribution is 5.96. The van der Waals surface area contributed by atoms with Gasteiger partial charge in [0.15, 0.2) is 11.6 Å². The molecule has 0 saturated carbocycles. The van der Waals surface area contributed by atoms with Crippen molar-refractivity contribution in [1.29, 1.82) is 0 Å². The molecule has 0 rings (SSSR count). The summed E-state index contributed by atoms with van der Waals surface area (Å²) in [6.45, 7) is 8.58. The van der Waals surface area contributed by atoms with Crippen LogP contribution in [0.3, 0.4) is 0 Å². The smallest absolute Gasteiger partial charge is 0.196 e. The van der Waals surface area contributed by atoms with Gasteiger partial charge in [-0.05, 0) is 6.42 Å². The predicted octanol–water partition coefficient (Wildman–Crippen LogP) is 3.26. The average Bonchev–Trinajstić information content (AvgIpc) is 1.99. The molecule has 12 heavy (non-hydrogen) atoms. The van der Waals surface area contributed by atoms with E-state index >= 15 is 0 Å². The Kier molecular flexibility index (Phi) is 4.15. The van der Waals surface area contributed by atoms with Crippen molar-refractivity contribution in [1.82, 2.24) is 0 Å². The van der Waals surface area contributed by atoms with Gasteiger partial charge in [-0.15, -0.1) is 0 Å². The minimum absolute atomic E-state index is 0.462. The second kappa shape index (κ2) is 4.39. The van der Waals surface area contributed by atoms with Crippen molar-refractivity contribution in [3.05, 3.63) is 12.4 Å². The fourth-order valence-corrected chi connectivity index (χ4v) is 1.10. The van der Waals surface area contributed by atoms with Crippen LogP contribution in [0, 0.1) is 5.41 Å². The fourth-order valence-electron chi connectivity index (χ4n) is 1.10. The Hall–Kier alpha value is -0.660. The van der Waals surface area contributed by atoms with Crippen molar-refractivity contribution >= 4 is 5.78 Å². The molecular weight excluding hydrogens is 155 g/mol. The molecule has 2 heteroatoms. The summed E-state index contributed by atoms with van der Waals surface area (Å²) in [7, 11) is 0. The SMILES string of the molecule is C=C(F)C(=O)C(C)(C)CCCC. The van der Waals surface area contributed by atoms with E-state index in [0.717, 1.165) is 19.3 Å². The van der Waals surface area contributed by atoms with E-state index in [2.05, 4.69) is 6.58 Å². The van der Waals surface area contributed by atoms with Gasteiger partial charge in [-0.3, -0.25) is 4.79 Å². The van der Waals surface area contributed by atoms with Crippen LogP contribution in [0.1, 0.15) is 40.0 Å². The van der Waals surface area contributed by atoms with Crippen molar-refractivity contribution in [3.8, 4) is 0 Å². The van der Waals surface area contributed by atoms with Gasteiger partial charge in [0, 0.05) is 5.41 Å². The lowest BCUT2D eigenvalue weighted by molar-refractivity contribution is -0.125. The Morgan fingerprint density at radius 3 is 2.33 bits per heavy atom. The molecule has 0 fully saturated rings. The van der Waals surface area contributed by atoms with Gasteiger partial charge in [-0.25, -0.2) is 4.39 Å². The number of halogens is 1. The molecule has 0 aliphatic heterocycles. The summed E-state index contributed by atoms with van der Waals surface area (Å²) >= 11 is 0. The molecule has 0 heterocycles. The number of carbonyl (C=O) groups excluding carboxylic acids is 1. The molecule has 0 atom stereocenters. The largest absolute Gasteiger partial charge is 0.291 e. The maximum Gasteiger partial charge on any atom is 0.196 e. The summed E-state index contributed by atoms with van der Waals surface area (Å²) in [5, 5.41) is 0. The minimum atomic E-state index is -0.823. The van der Waals surface area contributed by atoms with Gasteiger partial charge in [-0.1, -0.05) is 40.2 Å². The van der Waals surface area contributed by atoms with Crippen LogP contribution in [0.15, 0.2) is 12.4 Å². The van der Waals surface area contributed by atoms with E-state index in [1.165, 1.54) is 0 Å². The first-order valence-corrected chi connectivity index (χ1v) is 4.31. The van der Waals surface area contributed by atoms with Crippen molar-refractivity contribution < 1.29 is 9.18 Å². The first kappa shape index (κ1) is 11.3. The van der Waals surface area contributed by atoms with Crippen molar-refractivity contribution in [3.63, 3.8) is 0 Å². The number of unbranched alkanes of at least 4 members (excludes halogenated alkanes) is 1. The fraction of sp³-hybridized carbons (Fsp3) is 0.700. The lowest BCUT2D eigenvalue weighted by Gasteiger charge is -2.21. The molecule has 0 aliphatic rings. The lowest BCUT2D eigenvalue weighted by atomic mass is 9.82. The van der Waals surface area contributed by atoms with Crippen LogP contribution in [0.2, 0.25) is 0 Å². The second-order valence-electron chi connectivity index (χ2n) is 3.72. The minimum Gasteiger partial charge on any atom is -0.291 e. The molecule has 0 unspecified atom stereocenters. The number of rotatable bonds is 5. The molecule has 0 saturated heterocycles. The molecule has 0 aromatic carbocycles. The number of Topliss-reactive ketones (excluding diaryl/α,β-unsaturated/α-hetero) is 1. The van der Waals surface area contributed by atoms with Crippen molar-refractivity contribution in [2.24, 2.45) is 5.41 Å². The van der Waals surface area contributed by atoms with Gasteiger partial charge in [0.05, 0.1) is 0 Å². The van der Waals surface area contributed by atoms with Gasteiger partial charge in [0.2, 0.25) is 0 Å². The van der Waals surface area contributed by atoms with E-state index in [0.29, 0.717) is 0 Å². The van der Waals surface area contributed by atoms with Crippen molar-refractivity contribution in [2.75, 3.05) is 0 Å². The molecule has 0 aromatic rings. The van der Waals surface area contributed by atoms with E-state index in [1.807, 2.05) is 6.92 Å². The normalized spacial score (nSPS) is 11.3. The Balaban J connectivity index is 4.19. The van der Waals surface area contributed by atoms with Gasteiger partial charge in [-0.2, -0.15) is 0 Å². The van der Waals surface area contributed by atoms with Gasteiger partial charge >= 0.3 is 0 Å². The third kappa shape index (κ3) is 3.16. The first-order chi connectivity index (χ1) is 5.41. The highest BCUT2D eigenvalue weighted by Crippen LogP contribution is 2.27. The quantitative estimate of drug-likeness (QED) is 0.582. The number of hydrogen-bond acceptors (Lipinski definition) is 1. The maximum absolute atomic E-state index is 12.5. The maximum atomic E-state index is 12.5. The molecule has 0 amide bonds. The predicted molar refractivity (Wildman–Crippen MR) is 48.6 cm³/mol. The van der Waals surface area contributed by atoms with Crippen LogP contribution >= 0.6 is 0 Å². The zero-order valence-electron chi connectivity index (χ0n) is 8.11. The number of hydrogen-bond donors (Lipinski definition) is 0. The summed E-state index contributed by atoms with van der Waals surface area (Å²) in [5.74, 6) is -1.29. The van der Waals surface area contributed by atoms with Crippen LogP contribution in [0.25, 0.3) is 0 Å². The van der Waals surface area contributed by atoms with E-state index < -0.39 is 17.0 Å². The molecule has 0 spiro atoms. The summed E-state index contributed by atoms with van der Waals surface area (Å²) in [4.78, 5) is 11.2. The first-order valence-electron chi connectivity index (χ1n) is 4.31. The third-order valence-electron chi connectivity index (χ3n) is 2.02. The lowest BCUT2D eigenvalue weighted by Crippen LogP contribution is -2.24. The average molecular weight is 172 g/mol. The second-order valence-corrected chi connectivity index (χ2v) is 3.72. The highest BCUT2D eigenvalue weighted by atomic mass is 19.1.